The van der Waals surface area contributed by atoms with Gasteiger partial charge in [0.2, 0.25) is 5.91 Å². The fourth-order valence-corrected chi connectivity index (χ4v) is 1.11. The molecule has 0 spiro atoms. The number of fused-ring (bicyclic) bond motifs is 1. The fourth-order valence-electron chi connectivity index (χ4n) is 1.11. The quantitative estimate of drug-likeness (QED) is 0.710. The highest BCUT2D eigenvalue weighted by atomic mass is 19.1. The summed E-state index contributed by atoms with van der Waals surface area (Å²) in [6, 6.07) is 3.61. The van der Waals surface area contributed by atoms with Gasteiger partial charge < -0.3 is 11.1 Å². The minimum Gasteiger partial charge on any atom is -0.370 e. The van der Waals surface area contributed by atoms with Gasteiger partial charge in [-0.2, -0.15) is 0 Å². The van der Waals surface area contributed by atoms with Crippen molar-refractivity contribution in [2.45, 2.75) is 13.3 Å². The van der Waals surface area contributed by atoms with Crippen LogP contribution in [0.4, 0.5) is 10.1 Å². The number of nitrogens with one attached hydrogen (secondary N) is 1. The summed E-state index contributed by atoms with van der Waals surface area (Å²) in [5.74, 6) is -2.14. The number of rotatable bonds is 1. The zero-order chi connectivity index (χ0) is 13.0. The van der Waals surface area contributed by atoms with Crippen LogP contribution in [-0.4, -0.2) is 17.6 Å². The van der Waals surface area contributed by atoms with E-state index in [1.165, 1.54) is 12.1 Å². The Morgan fingerprint density at radius 1 is 1.41 bits per heavy atom. The molecule has 0 unspecified atom stereocenters. The maximum Gasteiger partial charge on any atom is 0.296 e. The van der Waals surface area contributed by atoms with Gasteiger partial charge in [0.25, 0.3) is 11.7 Å². The van der Waals surface area contributed by atoms with E-state index < -0.39 is 17.5 Å². The van der Waals surface area contributed by atoms with E-state index in [1.54, 1.807) is 6.92 Å². The third-order valence-corrected chi connectivity index (χ3v) is 2.03. The highest BCUT2D eigenvalue weighted by Gasteiger charge is 2.27. The van der Waals surface area contributed by atoms with Crippen molar-refractivity contribution in [3.63, 3.8) is 0 Å². The largest absolute Gasteiger partial charge is 0.370 e. The highest BCUT2D eigenvalue weighted by Crippen LogP contribution is 2.22. The number of nitrogens with two attached hydrogens (primary N) is 1. The number of ketones is 1. The topological polar surface area (TPSA) is 89.3 Å². The maximum atomic E-state index is 12.6. The van der Waals surface area contributed by atoms with Crippen LogP contribution in [-0.2, 0) is 9.59 Å². The van der Waals surface area contributed by atoms with E-state index >= 15 is 0 Å². The van der Waals surface area contributed by atoms with Crippen molar-refractivity contribution >= 4 is 23.3 Å². The van der Waals surface area contributed by atoms with Gasteiger partial charge in [-0.25, -0.2) is 4.39 Å². The van der Waals surface area contributed by atoms with Crippen LogP contribution in [0, 0.1) is 5.82 Å². The molecule has 6 heteroatoms. The van der Waals surface area contributed by atoms with Crippen molar-refractivity contribution in [1.82, 2.24) is 0 Å². The molecule has 0 atom stereocenters. The number of anilines is 1. The lowest BCUT2D eigenvalue weighted by Gasteiger charge is -1.94. The van der Waals surface area contributed by atoms with Crippen molar-refractivity contribution in [2.24, 2.45) is 5.73 Å². The summed E-state index contributed by atoms with van der Waals surface area (Å²) in [7, 11) is 0. The van der Waals surface area contributed by atoms with Gasteiger partial charge in [0.15, 0.2) is 0 Å². The Morgan fingerprint density at radius 3 is 2.53 bits per heavy atom. The number of hydrogen-bond acceptors (Lipinski definition) is 3. The standard InChI is InChI=1S/C8H4FNO2.C3H7NO/c9-4-1-2-6-5(3-4)7(11)8(12)10-6;1-2-3(4)5/h1-3H,(H,10,11,12);2H2,1H3,(H2,4,5). The van der Waals surface area contributed by atoms with Gasteiger partial charge in [-0.1, -0.05) is 6.92 Å². The Labute approximate surface area is 96.8 Å². The molecular formula is C11H11FN2O3. The number of Topliss-reactive ketones (excluding diaryl/α,β-unsaturated/α-hetero) is 1. The van der Waals surface area contributed by atoms with Crippen LogP contribution in [0.2, 0.25) is 0 Å². The van der Waals surface area contributed by atoms with Crippen molar-refractivity contribution in [3.05, 3.63) is 29.6 Å². The number of amides is 2. The zero-order valence-corrected chi connectivity index (χ0v) is 9.12. The number of carbonyl (C=O) groups is 3. The number of halogens is 1. The van der Waals surface area contributed by atoms with Crippen LogP contribution in [0.3, 0.4) is 0 Å². The van der Waals surface area contributed by atoms with Crippen LogP contribution < -0.4 is 11.1 Å². The number of hydrogen-bond donors (Lipinski definition) is 2. The van der Waals surface area contributed by atoms with E-state index in [2.05, 4.69) is 11.1 Å². The fraction of sp³-hybridized carbons (Fsp3) is 0.182. The number of primary amides is 1. The van der Waals surface area contributed by atoms with Gasteiger partial charge in [0, 0.05) is 6.42 Å². The normalized spacial score (nSPS) is 12.4. The van der Waals surface area contributed by atoms with Crippen LogP contribution in [0.15, 0.2) is 18.2 Å². The van der Waals surface area contributed by atoms with E-state index in [9.17, 15) is 18.8 Å². The first-order valence-corrected chi connectivity index (χ1v) is 4.89. The predicted molar refractivity (Wildman–Crippen MR) is 58.8 cm³/mol. The van der Waals surface area contributed by atoms with Gasteiger partial charge in [0.05, 0.1) is 11.3 Å². The van der Waals surface area contributed by atoms with Crippen molar-refractivity contribution in [1.29, 1.82) is 0 Å². The molecule has 1 heterocycles. The van der Waals surface area contributed by atoms with E-state index in [0.717, 1.165) is 6.07 Å². The highest BCUT2D eigenvalue weighted by molar-refractivity contribution is 6.51. The third kappa shape index (κ3) is 3.10. The van der Waals surface area contributed by atoms with Crippen molar-refractivity contribution in [2.75, 3.05) is 5.32 Å². The molecule has 3 N–H and O–H groups in total. The lowest BCUT2D eigenvalue weighted by molar-refractivity contribution is -0.117. The summed E-state index contributed by atoms with van der Waals surface area (Å²) >= 11 is 0. The molecular weight excluding hydrogens is 227 g/mol. The predicted octanol–water partition coefficient (Wildman–Crippen LogP) is 0.842. The molecule has 1 aromatic carbocycles. The first-order valence-electron chi connectivity index (χ1n) is 4.89. The van der Waals surface area contributed by atoms with Crippen molar-refractivity contribution in [3.8, 4) is 0 Å². The molecule has 0 saturated carbocycles. The summed E-state index contributed by atoms with van der Waals surface area (Å²) in [5, 5.41) is 2.32. The Kier molecular flexibility index (Phi) is 3.92. The number of carbonyl (C=O) groups excluding carboxylic acids is 3. The molecule has 1 aromatic rings. The second-order valence-electron chi connectivity index (χ2n) is 3.29. The molecule has 2 rings (SSSR count). The van der Waals surface area contributed by atoms with E-state index in [1.807, 2.05) is 0 Å². The number of benzene rings is 1. The summed E-state index contributed by atoms with van der Waals surface area (Å²) < 4.78 is 12.6. The maximum absolute atomic E-state index is 12.6. The lowest BCUT2D eigenvalue weighted by Crippen LogP contribution is -2.12. The Hall–Kier alpha value is -2.24. The van der Waals surface area contributed by atoms with Gasteiger partial charge in [-0.3, -0.25) is 14.4 Å². The smallest absolute Gasteiger partial charge is 0.296 e. The molecule has 2 amide bonds. The molecule has 1 aliphatic rings. The molecule has 0 saturated heterocycles. The average Bonchev–Trinajstić information content (AvgIpc) is 2.56. The van der Waals surface area contributed by atoms with Crippen LogP contribution >= 0.6 is 0 Å². The van der Waals surface area contributed by atoms with Gasteiger partial charge in [-0.15, -0.1) is 0 Å². The molecule has 1 aliphatic heterocycles. The van der Waals surface area contributed by atoms with Crippen LogP contribution in [0.5, 0.6) is 0 Å². The monoisotopic (exact) mass is 238 g/mol. The summed E-state index contributed by atoms with van der Waals surface area (Å²) in [5.41, 5.74) is 5.14. The average molecular weight is 238 g/mol. The van der Waals surface area contributed by atoms with E-state index in [4.69, 9.17) is 0 Å². The van der Waals surface area contributed by atoms with Gasteiger partial charge >= 0.3 is 0 Å². The molecule has 0 aliphatic carbocycles. The minimum absolute atomic E-state index is 0.111. The summed E-state index contributed by atoms with van der Waals surface area (Å²) in [6.07, 6.45) is 0.444. The molecule has 90 valence electrons. The Morgan fingerprint density at radius 2 is 2.00 bits per heavy atom. The molecule has 5 nitrogen and oxygen atoms in total. The van der Waals surface area contributed by atoms with Crippen molar-refractivity contribution < 1.29 is 18.8 Å². The minimum atomic E-state index is -0.699. The van der Waals surface area contributed by atoms with Gasteiger partial charge in [0.1, 0.15) is 5.82 Å². The van der Waals surface area contributed by atoms with Gasteiger partial charge in [-0.05, 0) is 18.2 Å². The third-order valence-electron chi connectivity index (χ3n) is 2.03. The second kappa shape index (κ2) is 5.20. The second-order valence-corrected chi connectivity index (χ2v) is 3.29. The van der Waals surface area contributed by atoms with E-state index in [-0.39, 0.29) is 11.5 Å². The molecule has 0 fully saturated rings. The lowest BCUT2D eigenvalue weighted by atomic mass is 10.1. The zero-order valence-electron chi connectivity index (χ0n) is 9.12. The first kappa shape index (κ1) is 12.8. The summed E-state index contributed by atoms with van der Waals surface area (Å²) in [6.45, 7) is 1.72. The van der Waals surface area contributed by atoms with E-state index in [0.29, 0.717) is 12.1 Å². The molecule has 0 bridgehead atoms. The molecule has 17 heavy (non-hydrogen) atoms. The summed E-state index contributed by atoms with van der Waals surface area (Å²) in [4.78, 5) is 31.3. The van der Waals surface area contributed by atoms with Crippen LogP contribution in [0.1, 0.15) is 23.7 Å². The first-order chi connectivity index (χ1) is 7.95. The van der Waals surface area contributed by atoms with Crippen LogP contribution in [0.25, 0.3) is 0 Å². The Bertz CT molecular complexity index is 486. The molecule has 0 aromatic heterocycles. The Balaban J connectivity index is 0.000000249. The SMILES string of the molecule is CCC(N)=O.O=C1Nc2ccc(F)cc2C1=O. The molecule has 0 radical (unpaired) electrons.